The number of amides is 1. The molecule has 1 aliphatic carbocycles. The second kappa shape index (κ2) is 6.87. The minimum atomic E-state index is -3.15. The molecular formula is C13H27N3O3S. The number of hydrogen-bond acceptors (Lipinski definition) is 4. The summed E-state index contributed by atoms with van der Waals surface area (Å²) in [4.78, 5) is 12.2. The van der Waals surface area contributed by atoms with Crippen LogP contribution in [-0.4, -0.2) is 50.6 Å². The van der Waals surface area contributed by atoms with Crippen molar-refractivity contribution in [3.63, 3.8) is 0 Å². The van der Waals surface area contributed by atoms with E-state index in [0.717, 1.165) is 19.3 Å². The summed E-state index contributed by atoms with van der Waals surface area (Å²) in [5.74, 6) is -0.00935. The quantitative estimate of drug-likeness (QED) is 0.661. The molecule has 118 valence electrons. The molecule has 2 atom stereocenters. The maximum atomic E-state index is 12.2. The molecule has 7 heteroatoms. The first-order chi connectivity index (χ1) is 9.21. The van der Waals surface area contributed by atoms with Gasteiger partial charge in [0.1, 0.15) is 0 Å². The average molecular weight is 305 g/mol. The Labute approximate surface area is 122 Å². The summed E-state index contributed by atoms with van der Waals surface area (Å²) in [5, 5.41) is 2.89. The van der Waals surface area contributed by atoms with Crippen molar-refractivity contribution in [1.82, 2.24) is 9.62 Å². The Kier molecular flexibility index (Phi) is 5.97. The summed E-state index contributed by atoms with van der Waals surface area (Å²) in [5.41, 5.74) is 5.53. The molecule has 1 amide bonds. The van der Waals surface area contributed by atoms with Crippen molar-refractivity contribution in [3.05, 3.63) is 0 Å². The van der Waals surface area contributed by atoms with Gasteiger partial charge in [0.05, 0.1) is 11.7 Å². The highest BCUT2D eigenvalue weighted by Crippen LogP contribution is 2.36. The zero-order valence-electron chi connectivity index (χ0n) is 12.7. The first-order valence-corrected chi connectivity index (χ1v) is 9.05. The van der Waals surface area contributed by atoms with E-state index in [1.165, 1.54) is 10.6 Å². The molecule has 0 saturated heterocycles. The van der Waals surface area contributed by atoms with Crippen LogP contribution in [0.15, 0.2) is 0 Å². The van der Waals surface area contributed by atoms with Gasteiger partial charge in [-0.1, -0.05) is 13.3 Å². The van der Waals surface area contributed by atoms with Crippen LogP contribution in [0.5, 0.6) is 0 Å². The minimum absolute atomic E-state index is 0.00935. The smallest absolute Gasteiger partial charge is 0.227 e. The summed E-state index contributed by atoms with van der Waals surface area (Å²) in [6.07, 6.45) is 4.51. The Hall–Kier alpha value is -0.660. The Morgan fingerprint density at radius 3 is 2.60 bits per heavy atom. The molecule has 0 heterocycles. The third kappa shape index (κ3) is 4.17. The van der Waals surface area contributed by atoms with Crippen molar-refractivity contribution >= 4 is 15.9 Å². The normalized spacial score (nSPS) is 26.9. The molecule has 20 heavy (non-hydrogen) atoms. The minimum Gasteiger partial charge on any atom is -0.356 e. The van der Waals surface area contributed by atoms with Crippen LogP contribution < -0.4 is 11.1 Å². The van der Waals surface area contributed by atoms with Crippen LogP contribution >= 0.6 is 0 Å². The van der Waals surface area contributed by atoms with Crippen molar-refractivity contribution < 1.29 is 13.2 Å². The number of nitrogens with one attached hydrogen (secondary N) is 1. The molecule has 6 nitrogen and oxygen atoms in total. The van der Waals surface area contributed by atoms with Crippen LogP contribution in [0.25, 0.3) is 0 Å². The highest BCUT2D eigenvalue weighted by molar-refractivity contribution is 7.88. The van der Waals surface area contributed by atoms with E-state index in [1.807, 2.05) is 6.92 Å². The molecule has 2 unspecified atom stereocenters. The third-order valence-electron chi connectivity index (χ3n) is 4.24. The molecular weight excluding hydrogens is 278 g/mol. The van der Waals surface area contributed by atoms with Gasteiger partial charge >= 0.3 is 0 Å². The van der Waals surface area contributed by atoms with E-state index >= 15 is 0 Å². The second-order valence-corrected chi connectivity index (χ2v) is 7.76. The molecule has 1 fully saturated rings. The van der Waals surface area contributed by atoms with Crippen LogP contribution in [0.2, 0.25) is 0 Å². The molecule has 1 rings (SSSR count). The van der Waals surface area contributed by atoms with Gasteiger partial charge in [0.25, 0.3) is 0 Å². The Morgan fingerprint density at radius 2 is 2.15 bits per heavy atom. The van der Waals surface area contributed by atoms with Gasteiger partial charge in [-0.05, 0) is 26.2 Å². The number of rotatable bonds is 7. The maximum absolute atomic E-state index is 12.2. The summed E-state index contributed by atoms with van der Waals surface area (Å²) < 4.78 is 24.2. The first kappa shape index (κ1) is 17.4. The zero-order valence-corrected chi connectivity index (χ0v) is 13.5. The molecule has 0 radical (unpaired) electrons. The fraction of sp³-hybridized carbons (Fsp3) is 0.923. The fourth-order valence-electron chi connectivity index (χ4n) is 2.69. The maximum Gasteiger partial charge on any atom is 0.227 e. The fourth-order valence-corrected chi connectivity index (χ4v) is 3.62. The van der Waals surface area contributed by atoms with E-state index in [2.05, 4.69) is 5.32 Å². The number of nitrogens with two attached hydrogens (primary N) is 1. The van der Waals surface area contributed by atoms with Crippen LogP contribution in [-0.2, 0) is 14.8 Å². The largest absolute Gasteiger partial charge is 0.356 e. The van der Waals surface area contributed by atoms with Crippen LogP contribution in [0.3, 0.4) is 0 Å². The molecule has 0 aromatic carbocycles. The van der Waals surface area contributed by atoms with Gasteiger partial charge in [0.2, 0.25) is 15.9 Å². The van der Waals surface area contributed by atoms with Gasteiger partial charge in [-0.2, -0.15) is 0 Å². The molecule has 0 aromatic rings. The van der Waals surface area contributed by atoms with Gasteiger partial charge in [-0.15, -0.1) is 0 Å². The van der Waals surface area contributed by atoms with Crippen molar-refractivity contribution in [3.8, 4) is 0 Å². The monoisotopic (exact) mass is 305 g/mol. The van der Waals surface area contributed by atoms with E-state index in [0.29, 0.717) is 26.1 Å². The Morgan fingerprint density at radius 1 is 1.50 bits per heavy atom. The van der Waals surface area contributed by atoms with E-state index in [9.17, 15) is 13.2 Å². The highest BCUT2D eigenvalue weighted by Gasteiger charge is 2.42. The molecule has 1 saturated carbocycles. The number of carbonyl (C=O) groups excluding carboxylic acids is 1. The van der Waals surface area contributed by atoms with Gasteiger partial charge in [-0.25, -0.2) is 12.7 Å². The van der Waals surface area contributed by atoms with Crippen molar-refractivity contribution in [1.29, 1.82) is 0 Å². The lowest BCUT2D eigenvalue weighted by Gasteiger charge is -2.27. The second-order valence-electron chi connectivity index (χ2n) is 5.78. The predicted molar refractivity (Wildman–Crippen MR) is 79.7 cm³/mol. The summed E-state index contributed by atoms with van der Waals surface area (Å²) in [7, 11) is -3.15. The average Bonchev–Trinajstić information content (AvgIpc) is 2.69. The molecule has 0 bridgehead atoms. The zero-order chi connectivity index (χ0) is 15.4. The van der Waals surface area contributed by atoms with Gasteiger partial charge < -0.3 is 11.1 Å². The number of nitrogens with zero attached hydrogens (tertiary/aromatic N) is 1. The van der Waals surface area contributed by atoms with Gasteiger partial charge in [-0.3, -0.25) is 4.79 Å². The molecule has 0 spiro atoms. The first-order valence-electron chi connectivity index (χ1n) is 7.21. The number of sulfonamides is 1. The van der Waals surface area contributed by atoms with E-state index in [-0.39, 0.29) is 11.9 Å². The lowest BCUT2D eigenvalue weighted by Crippen LogP contribution is -2.47. The summed E-state index contributed by atoms with van der Waals surface area (Å²) in [6, 6.07) is -0.0781. The van der Waals surface area contributed by atoms with E-state index in [4.69, 9.17) is 5.73 Å². The van der Waals surface area contributed by atoms with E-state index < -0.39 is 15.4 Å². The number of hydrogen-bond donors (Lipinski definition) is 2. The third-order valence-corrected chi connectivity index (χ3v) is 5.62. The van der Waals surface area contributed by atoms with Crippen molar-refractivity contribution in [2.45, 2.75) is 45.6 Å². The topological polar surface area (TPSA) is 92.5 Å². The van der Waals surface area contributed by atoms with Crippen molar-refractivity contribution in [2.24, 2.45) is 11.1 Å². The Bertz CT molecular complexity index is 438. The summed E-state index contributed by atoms with van der Waals surface area (Å²) >= 11 is 0. The molecule has 1 aliphatic rings. The number of carbonyl (C=O) groups is 1. The van der Waals surface area contributed by atoms with Crippen LogP contribution in [0.1, 0.15) is 39.5 Å². The highest BCUT2D eigenvalue weighted by atomic mass is 32.2. The molecule has 3 N–H and O–H groups in total. The lowest BCUT2D eigenvalue weighted by atomic mass is 9.84. The van der Waals surface area contributed by atoms with Crippen LogP contribution in [0.4, 0.5) is 0 Å². The predicted octanol–water partition coefficient (Wildman–Crippen LogP) is 0.292. The van der Waals surface area contributed by atoms with Gasteiger partial charge in [0, 0.05) is 25.7 Å². The molecule has 0 aliphatic heterocycles. The van der Waals surface area contributed by atoms with Gasteiger partial charge in [0.15, 0.2) is 0 Å². The standard InChI is InChI=1S/C13H27N3O3S/c1-4-16(20(3,18)19)10-6-9-15-12(17)13(2)8-5-7-11(13)14/h11H,4-10,14H2,1-3H3,(H,15,17). The molecule has 0 aromatic heterocycles. The van der Waals surface area contributed by atoms with Crippen LogP contribution in [0, 0.1) is 5.41 Å². The lowest BCUT2D eigenvalue weighted by molar-refractivity contribution is -0.130. The SMILES string of the molecule is CCN(CCCNC(=O)C1(C)CCCC1N)S(C)(=O)=O. The van der Waals surface area contributed by atoms with Crippen molar-refractivity contribution in [2.75, 3.05) is 25.9 Å². The van der Waals surface area contributed by atoms with E-state index in [1.54, 1.807) is 6.92 Å². The summed E-state index contributed by atoms with van der Waals surface area (Å²) in [6.45, 7) is 5.08. The Balaban J connectivity index is 2.36.